The molecule has 0 bridgehead atoms. The third kappa shape index (κ3) is 11.5. The molecule has 4 rings (SSSR count). The molecule has 16 nitrogen and oxygen atoms in total. The van der Waals surface area contributed by atoms with Crippen LogP contribution in [0.15, 0.2) is 46.8 Å². The summed E-state index contributed by atoms with van der Waals surface area (Å²) in [6, 6.07) is 7.17. The number of thioether (sulfide) groups is 2. The maximum absolute atomic E-state index is 12.8. The standard InChI is InChI=1S/C18H18N6O8S3.C10H24N2/c25-13(9-4-2-1-3-5-9)14(26)19-11-15(27)24-12(17(28)29)10(6-33-16(11)24)7-34-18-20-21-22-23(18)8-35(30,31)32;1-9(2)7-11-5-6-12-8-10(3)4/h1-5,11,13,16,25H,6-8H2,(H,19,26)(H,28,29)(H,30,31,32);9-12H,5-8H2,1-4H3/t11?,13-,16?;/m1./s1. The summed E-state index contributed by atoms with van der Waals surface area (Å²) in [7, 11) is -4.40. The molecule has 3 atom stereocenters. The van der Waals surface area contributed by atoms with Crippen molar-refractivity contribution in [2.75, 3.05) is 37.7 Å². The molecule has 47 heavy (non-hydrogen) atoms. The van der Waals surface area contributed by atoms with E-state index < -0.39 is 51.3 Å². The van der Waals surface area contributed by atoms with Crippen molar-refractivity contribution in [1.29, 1.82) is 0 Å². The Morgan fingerprint density at radius 2 is 1.70 bits per heavy atom. The predicted octanol–water partition coefficient (Wildman–Crippen LogP) is 0.560. The van der Waals surface area contributed by atoms with Gasteiger partial charge in [0.1, 0.15) is 17.1 Å². The zero-order valence-electron chi connectivity index (χ0n) is 26.6. The number of benzene rings is 1. The van der Waals surface area contributed by atoms with Gasteiger partial charge in [-0.1, -0.05) is 69.8 Å². The fourth-order valence-corrected chi connectivity index (χ4v) is 7.38. The number of aliphatic carboxylic acids is 1. The zero-order chi connectivity index (χ0) is 34.7. The molecule has 0 aliphatic carbocycles. The maximum Gasteiger partial charge on any atom is 0.352 e. The number of carboxylic acids is 1. The first-order chi connectivity index (χ1) is 22.2. The fourth-order valence-electron chi connectivity index (χ4n) is 4.46. The van der Waals surface area contributed by atoms with Crippen LogP contribution in [0.25, 0.3) is 0 Å². The van der Waals surface area contributed by atoms with Crippen LogP contribution in [-0.2, 0) is 30.4 Å². The number of nitrogens with zero attached hydrogens (tertiary/aromatic N) is 5. The van der Waals surface area contributed by atoms with E-state index in [4.69, 9.17) is 4.55 Å². The molecule has 1 aromatic heterocycles. The fraction of sp³-hybridized carbons (Fsp3) is 0.571. The van der Waals surface area contributed by atoms with Crippen LogP contribution in [-0.4, -0.2) is 115 Å². The molecule has 2 unspecified atom stereocenters. The van der Waals surface area contributed by atoms with Crippen molar-refractivity contribution in [3.05, 3.63) is 47.2 Å². The number of aromatic nitrogens is 4. The minimum Gasteiger partial charge on any atom is -0.477 e. The molecule has 260 valence electrons. The van der Waals surface area contributed by atoms with Gasteiger partial charge in [-0.05, 0) is 46.5 Å². The lowest BCUT2D eigenvalue weighted by Gasteiger charge is -2.49. The maximum atomic E-state index is 12.8. The lowest BCUT2D eigenvalue weighted by molar-refractivity contribution is -0.151. The van der Waals surface area contributed by atoms with Crippen LogP contribution in [0.1, 0.15) is 39.4 Å². The van der Waals surface area contributed by atoms with Gasteiger partial charge in [-0.15, -0.1) is 16.9 Å². The summed E-state index contributed by atoms with van der Waals surface area (Å²) in [5.74, 6) is -1.87. The number of tetrazole rings is 1. The Labute approximate surface area is 282 Å². The monoisotopic (exact) mass is 714 g/mol. The number of carboxylic acid groups (broad SMARTS) is 1. The predicted molar refractivity (Wildman–Crippen MR) is 177 cm³/mol. The number of amides is 2. The van der Waals surface area contributed by atoms with E-state index >= 15 is 0 Å². The number of carbonyl (C=O) groups is 3. The molecule has 6 N–H and O–H groups in total. The third-order valence-corrected chi connectivity index (χ3v) is 9.61. The van der Waals surface area contributed by atoms with Gasteiger partial charge in [0.25, 0.3) is 21.9 Å². The van der Waals surface area contributed by atoms with Crippen LogP contribution in [0.2, 0.25) is 0 Å². The van der Waals surface area contributed by atoms with E-state index in [-0.39, 0.29) is 22.4 Å². The first-order valence-corrected chi connectivity index (χ1v) is 18.5. The van der Waals surface area contributed by atoms with Crippen molar-refractivity contribution in [2.45, 2.75) is 56.2 Å². The Balaban J connectivity index is 0.000000426. The summed E-state index contributed by atoms with van der Waals surface area (Å²) in [4.78, 5) is 38.3. The summed E-state index contributed by atoms with van der Waals surface area (Å²) in [6.07, 6.45) is -1.48. The molecule has 1 saturated heterocycles. The van der Waals surface area contributed by atoms with Gasteiger partial charge in [0, 0.05) is 24.6 Å². The van der Waals surface area contributed by atoms with Gasteiger partial charge in [0.2, 0.25) is 5.16 Å². The Hall–Kier alpha value is -3.07. The number of nitrogens with one attached hydrogen (secondary N) is 3. The number of hydrogen-bond acceptors (Lipinski definition) is 13. The highest BCUT2D eigenvalue weighted by Crippen LogP contribution is 2.41. The zero-order valence-corrected chi connectivity index (χ0v) is 29.0. The molecular formula is C28H42N8O8S3. The summed E-state index contributed by atoms with van der Waals surface area (Å²) in [5, 5.41) is 39.2. The molecule has 1 fully saturated rings. The normalized spacial score (nSPS) is 18.4. The number of β-lactam (4-membered cyclic amide) rings is 1. The van der Waals surface area contributed by atoms with E-state index in [1.807, 2.05) is 0 Å². The van der Waals surface area contributed by atoms with Crippen molar-refractivity contribution >= 4 is 51.4 Å². The second-order valence-corrected chi connectivity index (χ2v) is 15.1. The van der Waals surface area contributed by atoms with Crippen LogP contribution in [0, 0.1) is 11.8 Å². The van der Waals surface area contributed by atoms with Crippen molar-refractivity contribution < 1.29 is 37.6 Å². The van der Waals surface area contributed by atoms with Gasteiger partial charge < -0.3 is 26.2 Å². The molecule has 1 aromatic carbocycles. The highest BCUT2D eigenvalue weighted by Gasteiger charge is 2.54. The van der Waals surface area contributed by atoms with Crippen LogP contribution >= 0.6 is 23.5 Å². The Morgan fingerprint density at radius 3 is 2.26 bits per heavy atom. The lowest BCUT2D eigenvalue weighted by Crippen LogP contribution is -2.70. The minimum absolute atomic E-state index is 0.0285. The van der Waals surface area contributed by atoms with Crippen molar-refractivity contribution in [1.82, 2.24) is 41.1 Å². The van der Waals surface area contributed by atoms with Gasteiger partial charge in [0.15, 0.2) is 12.0 Å². The second-order valence-electron chi connectivity index (χ2n) is 11.6. The largest absolute Gasteiger partial charge is 0.477 e. The molecule has 0 radical (unpaired) electrons. The van der Waals surface area contributed by atoms with Crippen LogP contribution < -0.4 is 16.0 Å². The highest BCUT2D eigenvalue weighted by molar-refractivity contribution is 8.01. The Bertz CT molecular complexity index is 1490. The third-order valence-electron chi connectivity index (χ3n) is 6.65. The minimum atomic E-state index is -4.40. The lowest BCUT2D eigenvalue weighted by atomic mass is 10.0. The first kappa shape index (κ1) is 38.4. The molecule has 3 heterocycles. The van der Waals surface area contributed by atoms with E-state index in [0.29, 0.717) is 11.1 Å². The van der Waals surface area contributed by atoms with Gasteiger partial charge in [-0.3, -0.25) is 19.0 Å². The van der Waals surface area contributed by atoms with E-state index in [1.165, 1.54) is 11.8 Å². The average molecular weight is 715 g/mol. The molecule has 2 aliphatic rings. The van der Waals surface area contributed by atoms with E-state index in [9.17, 15) is 33.0 Å². The van der Waals surface area contributed by atoms with Crippen LogP contribution in [0.4, 0.5) is 0 Å². The van der Waals surface area contributed by atoms with Gasteiger partial charge in [-0.25, -0.2) is 9.48 Å². The smallest absolute Gasteiger partial charge is 0.352 e. The topological polar surface area (TPSA) is 229 Å². The van der Waals surface area contributed by atoms with E-state index in [0.717, 1.165) is 59.4 Å². The van der Waals surface area contributed by atoms with Gasteiger partial charge in [0.05, 0.1) is 0 Å². The summed E-state index contributed by atoms with van der Waals surface area (Å²) in [6.45, 7) is 13.4. The van der Waals surface area contributed by atoms with Crippen molar-refractivity contribution in [3.63, 3.8) is 0 Å². The Kier molecular flexibility index (Phi) is 14.6. The number of fused-ring (bicyclic) bond motifs is 1. The number of hydrogen-bond donors (Lipinski definition) is 6. The quantitative estimate of drug-likeness (QED) is 0.0604. The molecule has 2 amide bonds. The molecule has 2 aliphatic heterocycles. The SMILES string of the molecule is CC(C)CNCCNCC(C)C.O=C(O)C1=C(CSc2nnnn2CS(=O)(=O)O)CSC2C(NC(=O)[C@H](O)c3ccccc3)C(=O)N12. The van der Waals surface area contributed by atoms with Crippen LogP contribution in [0.5, 0.6) is 0 Å². The van der Waals surface area contributed by atoms with Crippen molar-refractivity contribution in [3.8, 4) is 0 Å². The molecule has 19 heteroatoms. The van der Waals surface area contributed by atoms with Gasteiger partial charge >= 0.3 is 5.97 Å². The molecule has 0 saturated carbocycles. The first-order valence-electron chi connectivity index (χ1n) is 14.9. The summed E-state index contributed by atoms with van der Waals surface area (Å²) < 4.78 is 32.0. The number of rotatable bonds is 16. The van der Waals surface area contributed by atoms with E-state index in [2.05, 4.69) is 59.2 Å². The highest BCUT2D eigenvalue weighted by atomic mass is 32.2. The Morgan fingerprint density at radius 1 is 1.09 bits per heavy atom. The number of carbonyl (C=O) groups excluding carboxylic acids is 2. The van der Waals surface area contributed by atoms with E-state index in [1.54, 1.807) is 30.3 Å². The average Bonchev–Trinajstić information content (AvgIpc) is 3.44. The number of aliphatic hydroxyl groups excluding tert-OH is 1. The second kappa shape index (κ2) is 17.9. The molecular weight excluding hydrogens is 673 g/mol. The van der Waals surface area contributed by atoms with Crippen LogP contribution in [0.3, 0.4) is 0 Å². The number of aliphatic hydroxyl groups is 1. The summed E-state index contributed by atoms with van der Waals surface area (Å²) >= 11 is 2.17. The van der Waals surface area contributed by atoms with Crippen molar-refractivity contribution in [2.24, 2.45) is 11.8 Å². The molecule has 2 aromatic rings. The molecule has 0 spiro atoms. The van der Waals surface area contributed by atoms with Gasteiger partial charge in [-0.2, -0.15) is 8.42 Å². The summed E-state index contributed by atoms with van der Waals surface area (Å²) in [5.41, 5.74) is 0.480.